The number of nitrogens with one attached hydrogen (secondary N) is 2. The van der Waals surface area contributed by atoms with Gasteiger partial charge in [0.25, 0.3) is 0 Å². The minimum atomic E-state index is -1.32. The third-order valence-electron chi connectivity index (χ3n) is 3.70. The second-order valence-corrected chi connectivity index (χ2v) is 6.55. The van der Waals surface area contributed by atoms with E-state index in [4.69, 9.17) is 4.74 Å². The van der Waals surface area contributed by atoms with Crippen LogP contribution in [0.1, 0.15) is 0 Å². The number of para-hydroxylation sites is 1. The van der Waals surface area contributed by atoms with Crippen molar-refractivity contribution in [2.24, 2.45) is 10.2 Å². The van der Waals surface area contributed by atoms with Crippen LogP contribution >= 0.6 is 15.9 Å². The maximum absolute atomic E-state index is 12.2. The van der Waals surface area contributed by atoms with E-state index in [-0.39, 0.29) is 11.4 Å². The van der Waals surface area contributed by atoms with Crippen molar-refractivity contribution < 1.29 is 19.7 Å². The molecule has 0 spiro atoms. The van der Waals surface area contributed by atoms with E-state index >= 15 is 0 Å². The van der Waals surface area contributed by atoms with Crippen molar-refractivity contribution in [3.8, 4) is 0 Å². The molecule has 0 aliphatic carbocycles. The Morgan fingerprint density at radius 3 is 2.33 bits per heavy atom. The van der Waals surface area contributed by atoms with Crippen molar-refractivity contribution in [2.45, 2.75) is 12.2 Å². The number of aliphatic hydroxyl groups is 2. The smallest absolute Gasteiger partial charge is 0.361 e. The molecular weight excluding hydrogens is 416 g/mol. The summed E-state index contributed by atoms with van der Waals surface area (Å²) in [6.07, 6.45) is -2.44. The van der Waals surface area contributed by atoms with Crippen LogP contribution < -0.4 is 10.9 Å². The van der Waals surface area contributed by atoms with Gasteiger partial charge in [-0.25, -0.2) is 4.79 Å². The normalized spacial score (nSPS) is 20.6. The van der Waals surface area contributed by atoms with Gasteiger partial charge in [-0.2, -0.15) is 10.2 Å². The molecule has 1 fully saturated rings. The number of hydrogen-bond acceptors (Lipinski definition) is 8. The molecule has 2 unspecified atom stereocenters. The Morgan fingerprint density at radius 2 is 1.67 bits per heavy atom. The molecule has 0 saturated carbocycles. The Morgan fingerprint density at radius 1 is 1.04 bits per heavy atom. The quantitative estimate of drug-likeness (QED) is 0.409. The number of rotatable bonds is 6. The molecule has 27 heavy (non-hydrogen) atoms. The van der Waals surface area contributed by atoms with Crippen LogP contribution in [0.4, 0.5) is 11.4 Å². The zero-order chi connectivity index (χ0) is 19.2. The standard InChI is InChI=1S/C18H17BrN4O4/c19-11-6-8-13(9-7-11)21-22-15-16(18(26)27-17(15)14(25)10-24)23-20-12-4-2-1-3-5-12/h1-9,14,17,20-21,24-25H,10H2. The lowest BCUT2D eigenvalue weighted by molar-refractivity contribution is -0.140. The first-order valence-electron chi connectivity index (χ1n) is 8.06. The molecule has 3 rings (SSSR count). The van der Waals surface area contributed by atoms with Gasteiger partial charge < -0.3 is 14.9 Å². The zero-order valence-corrected chi connectivity index (χ0v) is 15.6. The zero-order valence-electron chi connectivity index (χ0n) is 14.0. The molecule has 2 atom stereocenters. The lowest BCUT2D eigenvalue weighted by atomic mass is 10.1. The first-order valence-corrected chi connectivity index (χ1v) is 8.86. The molecule has 2 aromatic carbocycles. The topological polar surface area (TPSA) is 116 Å². The molecule has 1 heterocycles. The lowest BCUT2D eigenvalue weighted by Gasteiger charge is -2.14. The maximum atomic E-state index is 12.2. The average molecular weight is 433 g/mol. The molecule has 2 aromatic rings. The van der Waals surface area contributed by atoms with Crippen molar-refractivity contribution in [1.82, 2.24) is 0 Å². The average Bonchev–Trinajstić information content (AvgIpc) is 3.01. The number of cyclic esters (lactones) is 1. The van der Waals surface area contributed by atoms with Gasteiger partial charge in [0.15, 0.2) is 11.8 Å². The molecule has 8 nitrogen and oxygen atoms in total. The van der Waals surface area contributed by atoms with Crippen LogP contribution in [0.3, 0.4) is 0 Å². The summed E-state index contributed by atoms with van der Waals surface area (Å²) in [5.74, 6) is -0.743. The molecule has 0 amide bonds. The molecule has 1 aliphatic heterocycles. The van der Waals surface area contributed by atoms with E-state index in [2.05, 4.69) is 37.0 Å². The number of halogens is 1. The van der Waals surface area contributed by atoms with Crippen molar-refractivity contribution in [2.75, 3.05) is 17.5 Å². The predicted octanol–water partition coefficient (Wildman–Crippen LogP) is 1.96. The van der Waals surface area contributed by atoms with Crippen LogP contribution in [0.15, 0.2) is 69.3 Å². The summed E-state index contributed by atoms with van der Waals surface area (Å²) in [6.45, 7) is -0.589. The number of esters is 1. The van der Waals surface area contributed by atoms with E-state index < -0.39 is 24.8 Å². The fourth-order valence-corrected chi connectivity index (χ4v) is 2.59. The number of carbonyl (C=O) groups excluding carboxylic acids is 1. The number of ether oxygens (including phenoxy) is 1. The summed E-state index contributed by atoms with van der Waals surface area (Å²) >= 11 is 3.34. The molecular formula is C18H17BrN4O4. The highest BCUT2D eigenvalue weighted by molar-refractivity contribution is 9.10. The molecule has 140 valence electrons. The molecule has 1 saturated heterocycles. The van der Waals surface area contributed by atoms with Gasteiger partial charge in [0.2, 0.25) is 0 Å². The molecule has 0 aromatic heterocycles. The summed E-state index contributed by atoms with van der Waals surface area (Å²) in [5, 5.41) is 27.4. The van der Waals surface area contributed by atoms with Crippen LogP contribution in [-0.4, -0.2) is 46.4 Å². The fraction of sp³-hybridized carbons (Fsp3) is 0.167. The number of nitrogens with zero attached hydrogens (tertiary/aromatic N) is 2. The highest BCUT2D eigenvalue weighted by Gasteiger charge is 2.42. The van der Waals surface area contributed by atoms with Crippen LogP contribution in [0.2, 0.25) is 0 Å². The lowest BCUT2D eigenvalue weighted by Crippen LogP contribution is -2.36. The third kappa shape index (κ3) is 4.70. The van der Waals surface area contributed by atoms with Gasteiger partial charge in [-0.1, -0.05) is 34.1 Å². The van der Waals surface area contributed by atoms with Gasteiger partial charge in [-0.3, -0.25) is 10.9 Å². The summed E-state index contributed by atoms with van der Waals surface area (Å²) in [7, 11) is 0. The van der Waals surface area contributed by atoms with Gasteiger partial charge in [-0.05, 0) is 36.4 Å². The number of anilines is 2. The van der Waals surface area contributed by atoms with Gasteiger partial charge in [0, 0.05) is 4.47 Å². The minimum Gasteiger partial charge on any atom is -0.448 e. The maximum Gasteiger partial charge on any atom is 0.361 e. The Labute approximate surface area is 163 Å². The van der Waals surface area contributed by atoms with Crippen LogP contribution in [0.25, 0.3) is 0 Å². The second-order valence-electron chi connectivity index (χ2n) is 5.63. The van der Waals surface area contributed by atoms with Crippen molar-refractivity contribution >= 4 is 44.7 Å². The van der Waals surface area contributed by atoms with Gasteiger partial charge in [-0.15, -0.1) is 0 Å². The van der Waals surface area contributed by atoms with Crippen molar-refractivity contribution in [1.29, 1.82) is 0 Å². The second kappa shape index (κ2) is 8.76. The summed E-state index contributed by atoms with van der Waals surface area (Å²) in [6, 6.07) is 16.3. The third-order valence-corrected chi connectivity index (χ3v) is 4.22. The van der Waals surface area contributed by atoms with Gasteiger partial charge >= 0.3 is 5.97 Å². The highest BCUT2D eigenvalue weighted by Crippen LogP contribution is 2.18. The molecule has 9 heteroatoms. The van der Waals surface area contributed by atoms with E-state index in [1.807, 2.05) is 30.3 Å². The number of hydrogen-bond donors (Lipinski definition) is 4. The monoisotopic (exact) mass is 432 g/mol. The molecule has 1 aliphatic rings. The number of carbonyl (C=O) groups is 1. The minimum absolute atomic E-state index is 0.0824. The number of benzene rings is 2. The first kappa shape index (κ1) is 19.0. The summed E-state index contributed by atoms with van der Waals surface area (Å²) in [4.78, 5) is 12.2. The summed E-state index contributed by atoms with van der Waals surface area (Å²) < 4.78 is 6.04. The van der Waals surface area contributed by atoms with Gasteiger partial charge in [0.1, 0.15) is 11.8 Å². The number of aliphatic hydroxyl groups excluding tert-OH is 2. The highest BCUT2D eigenvalue weighted by atomic mass is 79.9. The van der Waals surface area contributed by atoms with Crippen molar-refractivity contribution in [3.63, 3.8) is 0 Å². The van der Waals surface area contributed by atoms with Crippen LogP contribution in [0, 0.1) is 0 Å². The van der Waals surface area contributed by atoms with Crippen LogP contribution in [0.5, 0.6) is 0 Å². The molecule has 4 N–H and O–H groups in total. The van der Waals surface area contributed by atoms with E-state index in [9.17, 15) is 15.0 Å². The predicted molar refractivity (Wildman–Crippen MR) is 106 cm³/mol. The Balaban J connectivity index is 1.87. The SMILES string of the molecule is O=C1OC(C(O)CO)C(=NNc2ccc(Br)cc2)C1=NNc1ccccc1. The van der Waals surface area contributed by atoms with Gasteiger partial charge in [0.05, 0.1) is 18.0 Å². The van der Waals surface area contributed by atoms with E-state index in [0.717, 1.165) is 4.47 Å². The Kier molecular flexibility index (Phi) is 6.17. The van der Waals surface area contributed by atoms with E-state index in [0.29, 0.717) is 11.4 Å². The largest absolute Gasteiger partial charge is 0.448 e. The Hall–Kier alpha value is -2.75. The molecule has 0 bridgehead atoms. The van der Waals surface area contributed by atoms with E-state index in [1.54, 1.807) is 24.3 Å². The molecule has 0 radical (unpaired) electrons. The van der Waals surface area contributed by atoms with Crippen molar-refractivity contribution in [3.05, 3.63) is 59.1 Å². The van der Waals surface area contributed by atoms with Crippen LogP contribution in [-0.2, 0) is 9.53 Å². The first-order chi connectivity index (χ1) is 13.1. The van der Waals surface area contributed by atoms with E-state index in [1.165, 1.54) is 0 Å². The fourth-order valence-electron chi connectivity index (χ4n) is 2.32. The number of hydrazone groups is 2. The Bertz CT molecular complexity index is 855. The summed E-state index contributed by atoms with van der Waals surface area (Å²) in [5.41, 5.74) is 6.91.